The molecule has 1 aromatic heterocycles. The van der Waals surface area contributed by atoms with Crippen LogP contribution in [0.2, 0.25) is 0 Å². The zero-order valence-electron chi connectivity index (χ0n) is 16.9. The number of terminal acetylenes is 1. The average Bonchev–Trinajstić information content (AvgIpc) is 3.16. The normalized spacial score (nSPS) is 11.8. The fourth-order valence-corrected chi connectivity index (χ4v) is 3.28. The molecule has 0 bridgehead atoms. The van der Waals surface area contributed by atoms with E-state index < -0.39 is 0 Å². The molecule has 0 N–H and O–H groups in total. The Morgan fingerprint density at radius 1 is 1.14 bits per heavy atom. The quantitative estimate of drug-likeness (QED) is 0.545. The number of furan rings is 1. The van der Waals surface area contributed by atoms with Crippen molar-refractivity contribution in [1.29, 1.82) is 5.26 Å². The summed E-state index contributed by atoms with van der Waals surface area (Å²) in [7, 11) is 5.59. The van der Waals surface area contributed by atoms with Gasteiger partial charge in [-0.2, -0.15) is 5.26 Å². The zero-order chi connectivity index (χ0) is 20.8. The van der Waals surface area contributed by atoms with Crippen LogP contribution in [0, 0.1) is 23.7 Å². The maximum absolute atomic E-state index is 8.89. The van der Waals surface area contributed by atoms with E-state index in [1.165, 1.54) is 0 Å². The highest BCUT2D eigenvalue weighted by Crippen LogP contribution is 2.34. The number of methoxy groups -OCH3 is 1. The van der Waals surface area contributed by atoms with Gasteiger partial charge in [0.05, 0.1) is 37.7 Å². The highest BCUT2D eigenvalue weighted by Gasteiger charge is 2.18. The Morgan fingerprint density at radius 2 is 1.90 bits per heavy atom. The lowest BCUT2D eigenvalue weighted by Crippen LogP contribution is -2.28. The summed E-state index contributed by atoms with van der Waals surface area (Å²) in [5.41, 5.74) is 3.52. The van der Waals surface area contributed by atoms with Crippen LogP contribution in [0.1, 0.15) is 16.7 Å². The molecular formula is C24H24N2O3. The summed E-state index contributed by atoms with van der Waals surface area (Å²) >= 11 is 0. The minimum Gasteiger partial charge on any atom is -0.493 e. The molecule has 0 saturated carbocycles. The van der Waals surface area contributed by atoms with Crippen molar-refractivity contribution in [2.24, 2.45) is 0 Å². The van der Waals surface area contributed by atoms with Crippen molar-refractivity contribution in [3.63, 3.8) is 0 Å². The fourth-order valence-electron chi connectivity index (χ4n) is 3.28. The van der Waals surface area contributed by atoms with E-state index in [0.717, 1.165) is 27.8 Å². The molecule has 148 valence electrons. The SMILES string of the molecule is C#C[C@@H](Cc1ccc(OC)c2occ(CCOc3ccc(C#N)cc3)c12)N(C)C. The number of ether oxygens (including phenoxy) is 2. The van der Waals surface area contributed by atoms with E-state index in [1.54, 1.807) is 37.6 Å². The number of nitrogens with zero attached hydrogens (tertiary/aromatic N) is 2. The van der Waals surface area contributed by atoms with Gasteiger partial charge in [0, 0.05) is 17.4 Å². The molecule has 0 spiro atoms. The van der Waals surface area contributed by atoms with Gasteiger partial charge in [-0.1, -0.05) is 12.0 Å². The molecule has 0 aliphatic carbocycles. The first-order chi connectivity index (χ1) is 14.1. The van der Waals surface area contributed by atoms with Gasteiger partial charge in [-0.15, -0.1) is 6.42 Å². The van der Waals surface area contributed by atoms with Crippen LogP contribution in [0.15, 0.2) is 47.1 Å². The largest absolute Gasteiger partial charge is 0.493 e. The average molecular weight is 388 g/mol. The lowest BCUT2D eigenvalue weighted by Gasteiger charge is -2.19. The van der Waals surface area contributed by atoms with E-state index in [1.807, 2.05) is 25.1 Å². The molecular weight excluding hydrogens is 364 g/mol. The molecule has 5 heteroatoms. The van der Waals surface area contributed by atoms with Crippen molar-refractivity contribution in [1.82, 2.24) is 4.90 Å². The number of benzene rings is 2. The minimum atomic E-state index is -0.00996. The number of fused-ring (bicyclic) bond motifs is 1. The minimum absolute atomic E-state index is 0.00996. The van der Waals surface area contributed by atoms with E-state index in [9.17, 15) is 0 Å². The van der Waals surface area contributed by atoms with Crippen LogP contribution in [0.3, 0.4) is 0 Å². The third-order valence-electron chi connectivity index (χ3n) is 4.92. The van der Waals surface area contributed by atoms with Crippen molar-refractivity contribution in [3.8, 4) is 29.9 Å². The molecule has 5 nitrogen and oxygen atoms in total. The summed E-state index contributed by atoms with van der Waals surface area (Å²) in [4.78, 5) is 2.03. The highest BCUT2D eigenvalue weighted by molar-refractivity contribution is 5.89. The van der Waals surface area contributed by atoms with Gasteiger partial charge in [0.1, 0.15) is 5.75 Å². The standard InChI is InChI=1S/C24H24N2O3/c1-5-20(26(2)3)14-18-8-11-22(27-4)24-23(18)19(16-29-24)12-13-28-21-9-6-17(15-25)7-10-21/h1,6-11,16,20H,12-14H2,2-4H3/t20-/m0/s1. The molecule has 3 aromatic rings. The van der Waals surface area contributed by atoms with Crippen molar-refractivity contribution in [2.75, 3.05) is 27.8 Å². The molecule has 29 heavy (non-hydrogen) atoms. The summed E-state index contributed by atoms with van der Waals surface area (Å²) in [5, 5.41) is 9.92. The predicted octanol–water partition coefficient (Wildman–Crippen LogP) is 4.04. The first kappa shape index (κ1) is 20.3. The second-order valence-electron chi connectivity index (χ2n) is 6.98. The van der Waals surface area contributed by atoms with Crippen molar-refractivity contribution in [2.45, 2.75) is 18.9 Å². The zero-order valence-corrected chi connectivity index (χ0v) is 16.9. The smallest absolute Gasteiger partial charge is 0.176 e. The van der Waals surface area contributed by atoms with Gasteiger partial charge in [0.25, 0.3) is 0 Å². The fraction of sp³-hybridized carbons (Fsp3) is 0.292. The van der Waals surface area contributed by atoms with Gasteiger partial charge in [0.2, 0.25) is 0 Å². The second kappa shape index (κ2) is 9.19. The Labute approximate surface area is 171 Å². The van der Waals surface area contributed by atoms with Gasteiger partial charge in [0.15, 0.2) is 11.3 Å². The van der Waals surface area contributed by atoms with Crippen LogP contribution < -0.4 is 9.47 Å². The summed E-state index contributed by atoms with van der Waals surface area (Å²) in [5.74, 6) is 4.28. The summed E-state index contributed by atoms with van der Waals surface area (Å²) in [6, 6.07) is 13.1. The maximum Gasteiger partial charge on any atom is 0.176 e. The first-order valence-corrected chi connectivity index (χ1v) is 9.38. The Kier molecular flexibility index (Phi) is 6.44. The first-order valence-electron chi connectivity index (χ1n) is 9.38. The molecule has 0 saturated heterocycles. The molecule has 3 rings (SSSR count). The molecule has 1 heterocycles. The highest BCUT2D eigenvalue weighted by atomic mass is 16.5. The van der Waals surface area contributed by atoms with Crippen molar-refractivity contribution >= 4 is 11.0 Å². The summed E-state index contributed by atoms with van der Waals surface area (Å²) < 4.78 is 17.1. The van der Waals surface area contributed by atoms with Crippen molar-refractivity contribution < 1.29 is 13.9 Å². The second-order valence-corrected chi connectivity index (χ2v) is 6.98. The number of rotatable bonds is 8. The molecule has 0 aliphatic rings. The molecule has 0 unspecified atom stereocenters. The maximum atomic E-state index is 8.89. The van der Waals surface area contributed by atoms with E-state index in [-0.39, 0.29) is 6.04 Å². The lowest BCUT2D eigenvalue weighted by atomic mass is 9.98. The van der Waals surface area contributed by atoms with Crippen molar-refractivity contribution in [3.05, 3.63) is 59.4 Å². The van der Waals surface area contributed by atoms with Gasteiger partial charge in [-0.25, -0.2) is 0 Å². The number of hydrogen-bond acceptors (Lipinski definition) is 5. The number of nitriles is 1. The van der Waals surface area contributed by atoms with E-state index >= 15 is 0 Å². The molecule has 0 amide bonds. The van der Waals surface area contributed by atoms with E-state index in [4.69, 9.17) is 25.6 Å². The number of likely N-dealkylation sites (N-methyl/N-ethyl adjacent to an activating group) is 1. The van der Waals surface area contributed by atoms with Crippen LogP contribution in [-0.2, 0) is 12.8 Å². The Hall–Kier alpha value is -3.41. The molecule has 2 aromatic carbocycles. The van der Waals surface area contributed by atoms with Gasteiger partial charge in [-0.3, -0.25) is 4.90 Å². The molecule has 0 fully saturated rings. The van der Waals surface area contributed by atoms with Gasteiger partial charge >= 0.3 is 0 Å². The van der Waals surface area contributed by atoms with Gasteiger partial charge < -0.3 is 13.9 Å². The van der Waals surface area contributed by atoms with E-state index in [0.29, 0.717) is 30.8 Å². The van der Waals surface area contributed by atoms with Crippen LogP contribution in [0.25, 0.3) is 11.0 Å². The molecule has 0 aliphatic heterocycles. The van der Waals surface area contributed by atoms with Gasteiger partial charge in [-0.05, 0) is 56.4 Å². The third kappa shape index (κ3) is 4.54. The Morgan fingerprint density at radius 3 is 2.52 bits per heavy atom. The summed E-state index contributed by atoms with van der Waals surface area (Å²) in [6.45, 7) is 0.490. The summed E-state index contributed by atoms with van der Waals surface area (Å²) in [6.07, 6.45) is 8.88. The van der Waals surface area contributed by atoms with Crippen LogP contribution >= 0.6 is 0 Å². The molecule has 0 radical (unpaired) electrons. The monoisotopic (exact) mass is 388 g/mol. The number of hydrogen-bond donors (Lipinski definition) is 0. The lowest BCUT2D eigenvalue weighted by molar-refractivity contribution is 0.321. The van der Waals surface area contributed by atoms with Crippen LogP contribution in [0.5, 0.6) is 11.5 Å². The topological polar surface area (TPSA) is 58.6 Å². The third-order valence-corrected chi connectivity index (χ3v) is 4.92. The van der Waals surface area contributed by atoms with Crippen LogP contribution in [0.4, 0.5) is 0 Å². The van der Waals surface area contributed by atoms with Crippen LogP contribution in [-0.4, -0.2) is 38.8 Å². The molecule has 1 atom stereocenters. The Bertz CT molecular complexity index is 1050. The van der Waals surface area contributed by atoms with E-state index in [2.05, 4.69) is 18.1 Å². The predicted molar refractivity (Wildman–Crippen MR) is 113 cm³/mol. The Balaban J connectivity index is 1.83.